The standard InChI is InChI=1S/C23H22N4O2/c1-16-6-8-21-18(14-16)20(25-29-21)15-23(28)27-12-10-26(11-13-27)22-9-7-17-4-2-3-5-19(17)24-22/h2-9,14H,10-13,15H2,1H3. The fourth-order valence-electron chi connectivity index (χ4n) is 3.90. The molecule has 0 unspecified atom stereocenters. The van der Waals surface area contributed by atoms with Crippen molar-refractivity contribution in [2.24, 2.45) is 0 Å². The van der Waals surface area contributed by atoms with Crippen LogP contribution in [-0.2, 0) is 11.2 Å². The van der Waals surface area contributed by atoms with Crippen molar-refractivity contribution in [1.82, 2.24) is 15.0 Å². The van der Waals surface area contributed by atoms with Crippen LogP contribution in [0.15, 0.2) is 59.1 Å². The first-order valence-corrected chi connectivity index (χ1v) is 9.91. The number of anilines is 1. The van der Waals surface area contributed by atoms with E-state index >= 15 is 0 Å². The summed E-state index contributed by atoms with van der Waals surface area (Å²) < 4.78 is 5.37. The van der Waals surface area contributed by atoms with E-state index in [0.29, 0.717) is 18.8 Å². The average molecular weight is 386 g/mol. The number of piperazine rings is 1. The third-order valence-electron chi connectivity index (χ3n) is 5.56. The van der Waals surface area contributed by atoms with E-state index < -0.39 is 0 Å². The van der Waals surface area contributed by atoms with Crippen LogP contribution in [0.5, 0.6) is 0 Å². The van der Waals surface area contributed by atoms with E-state index in [4.69, 9.17) is 9.51 Å². The van der Waals surface area contributed by atoms with Gasteiger partial charge in [0.25, 0.3) is 0 Å². The highest BCUT2D eigenvalue weighted by molar-refractivity contribution is 5.87. The van der Waals surface area contributed by atoms with Crippen LogP contribution in [-0.4, -0.2) is 47.1 Å². The third-order valence-corrected chi connectivity index (χ3v) is 5.56. The number of aromatic nitrogens is 2. The van der Waals surface area contributed by atoms with Gasteiger partial charge in [-0.15, -0.1) is 0 Å². The maximum atomic E-state index is 12.8. The largest absolute Gasteiger partial charge is 0.356 e. The topological polar surface area (TPSA) is 62.5 Å². The van der Waals surface area contributed by atoms with E-state index in [1.165, 1.54) is 0 Å². The number of benzene rings is 2. The third kappa shape index (κ3) is 3.42. The van der Waals surface area contributed by atoms with E-state index in [2.05, 4.69) is 28.3 Å². The maximum absolute atomic E-state index is 12.8. The maximum Gasteiger partial charge on any atom is 0.228 e. The number of amides is 1. The predicted molar refractivity (Wildman–Crippen MR) is 113 cm³/mol. The van der Waals surface area contributed by atoms with Crippen molar-refractivity contribution in [1.29, 1.82) is 0 Å². The summed E-state index contributed by atoms with van der Waals surface area (Å²) in [7, 11) is 0. The molecule has 3 heterocycles. The Morgan fingerprint density at radius 1 is 1.03 bits per heavy atom. The summed E-state index contributed by atoms with van der Waals surface area (Å²) in [5, 5.41) is 6.19. The zero-order valence-corrected chi connectivity index (χ0v) is 16.3. The predicted octanol–water partition coefficient (Wildman–Crippen LogP) is 3.58. The van der Waals surface area contributed by atoms with Crippen molar-refractivity contribution in [2.45, 2.75) is 13.3 Å². The van der Waals surface area contributed by atoms with Gasteiger partial charge in [-0.1, -0.05) is 35.0 Å². The Hall–Kier alpha value is -3.41. The van der Waals surface area contributed by atoms with Gasteiger partial charge in [-0.2, -0.15) is 0 Å². The van der Waals surface area contributed by atoms with Gasteiger partial charge in [0.05, 0.1) is 11.9 Å². The van der Waals surface area contributed by atoms with Crippen LogP contribution in [0.4, 0.5) is 5.82 Å². The van der Waals surface area contributed by atoms with Crippen LogP contribution in [0.25, 0.3) is 21.9 Å². The first kappa shape index (κ1) is 17.7. The summed E-state index contributed by atoms with van der Waals surface area (Å²) >= 11 is 0. The second-order valence-electron chi connectivity index (χ2n) is 7.54. The lowest BCUT2D eigenvalue weighted by molar-refractivity contribution is -0.130. The molecule has 4 aromatic rings. The van der Waals surface area contributed by atoms with Crippen molar-refractivity contribution in [2.75, 3.05) is 31.1 Å². The molecule has 2 aromatic carbocycles. The molecule has 1 saturated heterocycles. The molecule has 146 valence electrons. The number of hydrogen-bond acceptors (Lipinski definition) is 5. The number of fused-ring (bicyclic) bond motifs is 2. The molecule has 0 atom stereocenters. The second-order valence-corrected chi connectivity index (χ2v) is 7.54. The molecule has 0 spiro atoms. The van der Waals surface area contributed by atoms with Crippen LogP contribution in [0.1, 0.15) is 11.3 Å². The number of pyridine rings is 1. The van der Waals surface area contributed by atoms with E-state index in [9.17, 15) is 4.79 Å². The van der Waals surface area contributed by atoms with Crippen LogP contribution >= 0.6 is 0 Å². The molecule has 0 bridgehead atoms. The van der Waals surface area contributed by atoms with E-state index in [-0.39, 0.29) is 12.3 Å². The number of carbonyl (C=O) groups excluding carboxylic acids is 1. The van der Waals surface area contributed by atoms with Crippen molar-refractivity contribution in [3.8, 4) is 0 Å². The highest BCUT2D eigenvalue weighted by Gasteiger charge is 2.23. The fourth-order valence-corrected chi connectivity index (χ4v) is 3.90. The van der Waals surface area contributed by atoms with Crippen molar-refractivity contribution >= 4 is 33.6 Å². The van der Waals surface area contributed by atoms with Gasteiger partial charge in [0, 0.05) is 37.0 Å². The molecule has 0 saturated carbocycles. The molecular formula is C23H22N4O2. The van der Waals surface area contributed by atoms with Gasteiger partial charge in [-0.25, -0.2) is 4.98 Å². The Kier molecular flexibility index (Phi) is 4.39. The zero-order chi connectivity index (χ0) is 19.8. The molecule has 5 rings (SSSR count). The van der Waals surface area contributed by atoms with Gasteiger partial charge in [0.15, 0.2) is 5.58 Å². The van der Waals surface area contributed by atoms with Gasteiger partial charge >= 0.3 is 0 Å². The van der Waals surface area contributed by atoms with Crippen LogP contribution < -0.4 is 4.90 Å². The monoisotopic (exact) mass is 386 g/mol. The summed E-state index contributed by atoms with van der Waals surface area (Å²) in [5.41, 5.74) is 3.57. The minimum Gasteiger partial charge on any atom is -0.356 e. The fraction of sp³-hybridized carbons (Fsp3) is 0.261. The highest BCUT2D eigenvalue weighted by atomic mass is 16.5. The van der Waals surface area contributed by atoms with Gasteiger partial charge in [0.2, 0.25) is 5.91 Å². The van der Waals surface area contributed by atoms with Gasteiger partial charge in [-0.05, 0) is 37.3 Å². The molecule has 1 amide bonds. The summed E-state index contributed by atoms with van der Waals surface area (Å²) in [6.07, 6.45) is 0.269. The Labute approximate surface area is 168 Å². The Morgan fingerprint density at radius 2 is 1.86 bits per heavy atom. The van der Waals surface area contributed by atoms with Gasteiger partial charge in [-0.3, -0.25) is 4.79 Å². The number of aryl methyl sites for hydroxylation is 1. The summed E-state index contributed by atoms with van der Waals surface area (Å²) in [4.78, 5) is 21.7. The minimum absolute atomic E-state index is 0.0906. The van der Waals surface area contributed by atoms with E-state index in [1.807, 2.05) is 48.2 Å². The molecule has 0 N–H and O–H groups in total. The Morgan fingerprint density at radius 3 is 2.72 bits per heavy atom. The second kappa shape index (κ2) is 7.20. The SMILES string of the molecule is Cc1ccc2onc(CC(=O)N3CCN(c4ccc5ccccc5n4)CC3)c2c1. The number of para-hydroxylation sites is 1. The van der Waals surface area contributed by atoms with E-state index in [1.54, 1.807) is 0 Å². The molecule has 1 aliphatic rings. The molecular weight excluding hydrogens is 364 g/mol. The van der Waals surface area contributed by atoms with Crippen LogP contribution in [0, 0.1) is 6.92 Å². The Bertz CT molecular complexity index is 1190. The van der Waals surface area contributed by atoms with E-state index in [0.717, 1.165) is 46.3 Å². The molecule has 6 nitrogen and oxygen atoms in total. The number of nitrogens with zero attached hydrogens (tertiary/aromatic N) is 4. The number of carbonyl (C=O) groups is 1. The number of hydrogen-bond donors (Lipinski definition) is 0. The molecule has 1 fully saturated rings. The lowest BCUT2D eigenvalue weighted by Crippen LogP contribution is -2.49. The normalized spacial score (nSPS) is 14.7. The summed E-state index contributed by atoms with van der Waals surface area (Å²) in [6.45, 7) is 4.94. The molecule has 29 heavy (non-hydrogen) atoms. The highest BCUT2D eigenvalue weighted by Crippen LogP contribution is 2.22. The first-order valence-electron chi connectivity index (χ1n) is 9.91. The minimum atomic E-state index is 0.0906. The number of rotatable bonds is 3. The molecule has 0 radical (unpaired) electrons. The van der Waals surface area contributed by atoms with Crippen molar-refractivity contribution in [3.05, 3.63) is 65.9 Å². The van der Waals surface area contributed by atoms with Crippen LogP contribution in [0.2, 0.25) is 0 Å². The van der Waals surface area contributed by atoms with Crippen molar-refractivity contribution < 1.29 is 9.32 Å². The molecule has 6 heteroatoms. The molecule has 2 aromatic heterocycles. The van der Waals surface area contributed by atoms with Crippen LogP contribution in [0.3, 0.4) is 0 Å². The lowest BCUT2D eigenvalue weighted by atomic mass is 10.1. The average Bonchev–Trinajstić information content (AvgIpc) is 3.15. The quantitative estimate of drug-likeness (QED) is 0.539. The Balaban J connectivity index is 1.26. The van der Waals surface area contributed by atoms with Crippen molar-refractivity contribution in [3.63, 3.8) is 0 Å². The smallest absolute Gasteiger partial charge is 0.228 e. The first-order chi connectivity index (χ1) is 14.2. The summed E-state index contributed by atoms with van der Waals surface area (Å²) in [5.74, 6) is 1.06. The molecule has 0 aliphatic carbocycles. The lowest BCUT2D eigenvalue weighted by Gasteiger charge is -2.35. The van der Waals surface area contributed by atoms with Gasteiger partial charge < -0.3 is 14.3 Å². The zero-order valence-electron chi connectivity index (χ0n) is 16.3. The summed E-state index contributed by atoms with van der Waals surface area (Å²) in [6, 6.07) is 18.2. The molecule has 1 aliphatic heterocycles. The van der Waals surface area contributed by atoms with Gasteiger partial charge in [0.1, 0.15) is 11.5 Å².